The number of carbonyl (C=O) groups is 2. The molecule has 4 rings (SSSR count). The van der Waals surface area contributed by atoms with Gasteiger partial charge < -0.3 is 9.52 Å². The zero-order valence-corrected chi connectivity index (χ0v) is 13.4. The Kier molecular flexibility index (Phi) is 3.62. The van der Waals surface area contributed by atoms with E-state index in [1.54, 1.807) is 24.4 Å². The summed E-state index contributed by atoms with van der Waals surface area (Å²) in [5.74, 6) is -1.90. The van der Waals surface area contributed by atoms with E-state index in [1.165, 1.54) is 28.9 Å². The van der Waals surface area contributed by atoms with Crippen molar-refractivity contribution in [2.75, 3.05) is 4.90 Å². The summed E-state index contributed by atoms with van der Waals surface area (Å²) in [7, 11) is 0. The van der Waals surface area contributed by atoms with Crippen LogP contribution in [0.4, 0.5) is 5.13 Å². The molecule has 1 aliphatic heterocycles. The third kappa shape index (κ3) is 2.41. The molecule has 0 aromatic carbocycles. The van der Waals surface area contributed by atoms with Gasteiger partial charge in [0.2, 0.25) is 10.9 Å². The van der Waals surface area contributed by atoms with Gasteiger partial charge in [-0.3, -0.25) is 19.5 Å². The zero-order valence-electron chi connectivity index (χ0n) is 12.6. The number of aromatic nitrogens is 3. The fourth-order valence-electron chi connectivity index (χ4n) is 2.70. The van der Waals surface area contributed by atoms with Gasteiger partial charge in [0.25, 0.3) is 5.91 Å². The molecular weight excluding hydrogens is 344 g/mol. The first-order chi connectivity index (χ1) is 12.2. The first kappa shape index (κ1) is 15.2. The maximum atomic E-state index is 12.8. The van der Waals surface area contributed by atoms with Crippen LogP contribution >= 0.6 is 11.3 Å². The highest BCUT2D eigenvalue weighted by atomic mass is 32.1. The summed E-state index contributed by atoms with van der Waals surface area (Å²) >= 11 is 1.13. The molecule has 0 saturated carbocycles. The molecule has 124 valence electrons. The number of rotatable bonds is 4. The summed E-state index contributed by atoms with van der Waals surface area (Å²) < 4.78 is 5.14. The fourth-order valence-corrected chi connectivity index (χ4v) is 3.29. The number of hydrogen-bond donors (Lipinski definition) is 1. The van der Waals surface area contributed by atoms with E-state index in [9.17, 15) is 14.7 Å². The molecule has 3 aromatic rings. The maximum absolute atomic E-state index is 12.8. The van der Waals surface area contributed by atoms with Gasteiger partial charge in [-0.05, 0) is 23.8 Å². The van der Waals surface area contributed by atoms with Gasteiger partial charge in [0, 0.05) is 12.4 Å². The number of hydrogen-bond acceptors (Lipinski definition) is 8. The molecule has 4 heterocycles. The summed E-state index contributed by atoms with van der Waals surface area (Å²) in [5.41, 5.74) is 1.94. The molecule has 0 spiro atoms. The Morgan fingerprint density at radius 3 is 2.84 bits per heavy atom. The number of amides is 1. The SMILES string of the molecule is O=C(C1=C(O)C(=O)N(c2nncs2)C1c1cccnc1)c1ccco1. The lowest BCUT2D eigenvalue weighted by Crippen LogP contribution is -2.31. The number of furan rings is 1. The van der Waals surface area contributed by atoms with Gasteiger partial charge in [-0.25, -0.2) is 0 Å². The number of nitrogens with zero attached hydrogens (tertiary/aromatic N) is 4. The molecule has 8 nitrogen and oxygen atoms in total. The minimum absolute atomic E-state index is 0.0300. The summed E-state index contributed by atoms with van der Waals surface area (Å²) in [6, 6.07) is 5.56. The van der Waals surface area contributed by atoms with Gasteiger partial charge in [-0.1, -0.05) is 17.4 Å². The van der Waals surface area contributed by atoms with Gasteiger partial charge in [0.1, 0.15) is 5.51 Å². The first-order valence-corrected chi connectivity index (χ1v) is 8.07. The predicted molar refractivity (Wildman–Crippen MR) is 87.1 cm³/mol. The number of aliphatic hydroxyl groups is 1. The van der Waals surface area contributed by atoms with Crippen molar-refractivity contribution in [1.82, 2.24) is 15.2 Å². The van der Waals surface area contributed by atoms with E-state index in [1.807, 2.05) is 0 Å². The fraction of sp³-hybridized carbons (Fsp3) is 0.0625. The highest BCUT2D eigenvalue weighted by Crippen LogP contribution is 2.41. The normalized spacial score (nSPS) is 17.4. The highest BCUT2D eigenvalue weighted by Gasteiger charge is 2.46. The molecular formula is C16H10N4O4S. The monoisotopic (exact) mass is 354 g/mol. The third-order valence-corrected chi connectivity index (χ3v) is 4.44. The first-order valence-electron chi connectivity index (χ1n) is 7.19. The van der Waals surface area contributed by atoms with Crippen LogP contribution in [0.3, 0.4) is 0 Å². The van der Waals surface area contributed by atoms with Crippen LogP contribution in [0.1, 0.15) is 22.2 Å². The summed E-state index contributed by atoms with van der Waals surface area (Å²) in [6.07, 6.45) is 4.45. The second kappa shape index (κ2) is 5.95. The Morgan fingerprint density at radius 2 is 2.20 bits per heavy atom. The molecule has 0 fully saturated rings. The largest absolute Gasteiger partial charge is 0.503 e. The molecule has 0 bridgehead atoms. The van der Waals surface area contributed by atoms with E-state index in [0.717, 1.165) is 11.3 Å². The van der Waals surface area contributed by atoms with Crippen molar-refractivity contribution in [3.05, 3.63) is 71.1 Å². The van der Waals surface area contributed by atoms with E-state index in [-0.39, 0.29) is 16.5 Å². The van der Waals surface area contributed by atoms with Crippen LogP contribution in [0.15, 0.2) is 64.2 Å². The minimum atomic E-state index is -0.869. The molecule has 1 aliphatic rings. The molecule has 1 N–H and O–H groups in total. The average Bonchev–Trinajstić information content (AvgIpc) is 3.37. The number of ketones is 1. The number of aliphatic hydroxyl groups excluding tert-OH is 1. The van der Waals surface area contributed by atoms with Crippen molar-refractivity contribution >= 4 is 28.2 Å². The van der Waals surface area contributed by atoms with Crippen LogP contribution in [0, 0.1) is 0 Å². The van der Waals surface area contributed by atoms with Crippen LogP contribution in [-0.4, -0.2) is 32.0 Å². The Morgan fingerprint density at radius 1 is 1.32 bits per heavy atom. The second-order valence-corrected chi connectivity index (χ2v) is 5.97. The lowest BCUT2D eigenvalue weighted by Gasteiger charge is -2.23. The van der Waals surface area contributed by atoms with Crippen molar-refractivity contribution in [3.63, 3.8) is 0 Å². The van der Waals surface area contributed by atoms with Crippen LogP contribution in [0.2, 0.25) is 0 Å². The van der Waals surface area contributed by atoms with Crippen LogP contribution in [0.25, 0.3) is 0 Å². The summed E-state index contributed by atoms with van der Waals surface area (Å²) in [6.45, 7) is 0. The van der Waals surface area contributed by atoms with Crippen LogP contribution in [-0.2, 0) is 4.79 Å². The van der Waals surface area contributed by atoms with E-state index < -0.39 is 23.5 Å². The Bertz CT molecular complexity index is 951. The van der Waals surface area contributed by atoms with Gasteiger partial charge in [0.15, 0.2) is 11.5 Å². The Labute approximate surface area is 145 Å². The summed E-state index contributed by atoms with van der Waals surface area (Å²) in [4.78, 5) is 30.7. The van der Waals surface area contributed by atoms with E-state index >= 15 is 0 Å². The number of anilines is 1. The Hall–Kier alpha value is -3.33. The smallest absolute Gasteiger partial charge is 0.296 e. The van der Waals surface area contributed by atoms with Crippen molar-refractivity contribution in [2.24, 2.45) is 0 Å². The van der Waals surface area contributed by atoms with Crippen molar-refractivity contribution < 1.29 is 19.1 Å². The summed E-state index contributed by atoms with van der Waals surface area (Å²) in [5, 5.41) is 18.3. The van der Waals surface area contributed by atoms with Crippen molar-refractivity contribution in [3.8, 4) is 0 Å². The predicted octanol–water partition coefficient (Wildman–Crippen LogP) is 2.31. The lowest BCUT2D eigenvalue weighted by molar-refractivity contribution is -0.117. The molecule has 1 amide bonds. The Balaban J connectivity index is 1.88. The minimum Gasteiger partial charge on any atom is -0.503 e. The van der Waals surface area contributed by atoms with Gasteiger partial charge in [-0.15, -0.1) is 10.2 Å². The van der Waals surface area contributed by atoms with Crippen LogP contribution in [0.5, 0.6) is 0 Å². The molecule has 1 unspecified atom stereocenters. The second-order valence-electron chi connectivity index (χ2n) is 5.15. The lowest BCUT2D eigenvalue weighted by atomic mass is 9.96. The number of pyridine rings is 1. The molecule has 1 atom stereocenters. The standard InChI is InChI=1S/C16H10N4O4S/c21-13(10-4-2-6-24-10)11-12(9-3-1-5-17-7-9)20(15(23)14(11)22)16-19-18-8-25-16/h1-8,12,22H. The van der Waals surface area contributed by atoms with E-state index in [4.69, 9.17) is 4.42 Å². The van der Waals surface area contributed by atoms with Gasteiger partial charge in [0.05, 0.1) is 17.9 Å². The molecule has 3 aromatic heterocycles. The highest BCUT2D eigenvalue weighted by molar-refractivity contribution is 7.13. The quantitative estimate of drug-likeness (QED) is 0.716. The molecule has 0 radical (unpaired) electrons. The molecule has 25 heavy (non-hydrogen) atoms. The topological polar surface area (TPSA) is 109 Å². The average molecular weight is 354 g/mol. The maximum Gasteiger partial charge on any atom is 0.296 e. The van der Waals surface area contributed by atoms with Crippen LogP contribution < -0.4 is 4.90 Å². The third-order valence-electron chi connectivity index (χ3n) is 3.75. The van der Waals surface area contributed by atoms with Crippen molar-refractivity contribution in [2.45, 2.75) is 6.04 Å². The molecule has 0 saturated heterocycles. The van der Waals surface area contributed by atoms with Crippen molar-refractivity contribution in [1.29, 1.82) is 0 Å². The molecule has 0 aliphatic carbocycles. The number of Topliss-reactive ketones (excluding diaryl/α,β-unsaturated/α-hetero) is 1. The van der Waals surface area contributed by atoms with Gasteiger partial charge in [-0.2, -0.15) is 0 Å². The van der Waals surface area contributed by atoms with Gasteiger partial charge >= 0.3 is 0 Å². The number of carbonyl (C=O) groups excluding carboxylic acids is 2. The zero-order chi connectivity index (χ0) is 17.4. The molecule has 9 heteroatoms. The van der Waals surface area contributed by atoms with E-state index in [0.29, 0.717) is 5.56 Å². The van der Waals surface area contributed by atoms with E-state index in [2.05, 4.69) is 15.2 Å².